The molecule has 0 amide bonds. The average molecular weight is 459 g/mol. The van der Waals surface area contributed by atoms with Crippen molar-refractivity contribution in [1.29, 1.82) is 0 Å². The van der Waals surface area contributed by atoms with Crippen molar-refractivity contribution in [3.8, 4) is 0 Å². The van der Waals surface area contributed by atoms with Gasteiger partial charge < -0.3 is 35.4 Å². The van der Waals surface area contributed by atoms with E-state index in [1.807, 2.05) is 0 Å². The molecular weight excluding hydrogens is 444 g/mol. The number of nitrogens with two attached hydrogens (primary N) is 1. The highest BCUT2D eigenvalue weighted by Crippen LogP contribution is 2.58. The van der Waals surface area contributed by atoms with Crippen LogP contribution in [0, 0.1) is 0 Å². The zero-order valence-electron chi connectivity index (χ0n) is 13.6. The lowest BCUT2D eigenvalue weighted by molar-refractivity contribution is -0.0502. The van der Waals surface area contributed by atoms with Crippen molar-refractivity contribution in [3.05, 3.63) is 16.7 Å². The fourth-order valence-electron chi connectivity index (χ4n) is 2.55. The normalized spacial score (nSPS) is 27.9. The molecule has 1 aliphatic rings. The molecule has 0 aromatic carbocycles. The van der Waals surface area contributed by atoms with Gasteiger partial charge in [0, 0.05) is 0 Å². The summed E-state index contributed by atoms with van der Waals surface area (Å²) in [5.74, 6) is -0.214. The molecule has 1 unspecified atom stereocenters. The molecule has 0 saturated carbocycles. The van der Waals surface area contributed by atoms with E-state index in [2.05, 4.69) is 35.6 Å². The summed E-state index contributed by atoms with van der Waals surface area (Å²) in [4.78, 5) is 49.0. The Labute approximate surface area is 160 Å². The van der Waals surface area contributed by atoms with Crippen LogP contribution < -0.4 is 11.3 Å². The van der Waals surface area contributed by atoms with E-state index in [0.29, 0.717) is 0 Å². The van der Waals surface area contributed by atoms with E-state index in [1.54, 1.807) is 0 Å². The van der Waals surface area contributed by atoms with Gasteiger partial charge in [-0.25, -0.2) is 13.9 Å². The highest BCUT2D eigenvalue weighted by molar-refractivity contribution is 8.08. The molecule has 1 saturated heterocycles. The lowest BCUT2D eigenvalue weighted by Crippen LogP contribution is -2.33. The van der Waals surface area contributed by atoms with Gasteiger partial charge in [0.1, 0.15) is 18.3 Å². The van der Waals surface area contributed by atoms with Crippen LogP contribution in [0.5, 0.6) is 0 Å². The van der Waals surface area contributed by atoms with E-state index in [1.165, 1.54) is 0 Å². The van der Waals surface area contributed by atoms with Crippen molar-refractivity contribution < 1.29 is 43.0 Å². The number of nitrogens with one attached hydrogen (secondary N) is 1. The smallest absolute Gasteiger partial charge is 0.387 e. The van der Waals surface area contributed by atoms with Gasteiger partial charge in [0.05, 0.1) is 12.9 Å². The largest absolute Gasteiger partial charge is 0.479 e. The number of phosphoric ester groups is 1. The summed E-state index contributed by atoms with van der Waals surface area (Å²) in [6, 6.07) is 0. The summed E-state index contributed by atoms with van der Waals surface area (Å²) in [7, 11) is -4.97. The first-order chi connectivity index (χ1) is 12.9. The number of rotatable bonds is 6. The predicted octanol–water partition coefficient (Wildman–Crippen LogP) is -2.34. The third-order valence-corrected chi connectivity index (χ3v) is 6.43. The molecule has 28 heavy (non-hydrogen) atoms. The Hall–Kier alpha value is -1.29. The SMILES string of the molecule is Nc1nc2c(ncn2[C@@H]2O[C@H](COP(=O)(O)OP(O)(O)=S)[C@@H](O)[C@@H]2O)c(=O)[nH]1. The number of aliphatic hydroxyl groups is 2. The zero-order chi connectivity index (χ0) is 20.9. The maximum absolute atomic E-state index is 11.8. The Balaban J connectivity index is 1.79. The average Bonchev–Trinajstić information content (AvgIpc) is 3.06. The second kappa shape index (κ2) is 7.51. The predicted molar refractivity (Wildman–Crippen MR) is 94.1 cm³/mol. The first-order valence-electron chi connectivity index (χ1n) is 7.36. The van der Waals surface area contributed by atoms with E-state index in [4.69, 9.17) is 20.3 Å². The lowest BCUT2D eigenvalue weighted by Gasteiger charge is -2.18. The van der Waals surface area contributed by atoms with Gasteiger partial charge in [-0.2, -0.15) is 4.98 Å². The molecule has 8 N–H and O–H groups in total. The maximum atomic E-state index is 11.8. The van der Waals surface area contributed by atoms with Gasteiger partial charge in [-0.15, -0.1) is 0 Å². The number of imidazole rings is 1. The highest BCUT2D eigenvalue weighted by atomic mass is 32.5. The van der Waals surface area contributed by atoms with Crippen LogP contribution in [0.15, 0.2) is 11.1 Å². The number of ether oxygens (including phenoxy) is 1. The number of phosphoric acid groups is 1. The summed E-state index contributed by atoms with van der Waals surface area (Å²) in [6.07, 6.45) is -4.65. The quantitative estimate of drug-likeness (QED) is 0.224. The van der Waals surface area contributed by atoms with Crippen molar-refractivity contribution in [1.82, 2.24) is 19.5 Å². The molecule has 2 aromatic heterocycles. The second-order valence-electron chi connectivity index (χ2n) is 5.66. The summed E-state index contributed by atoms with van der Waals surface area (Å²) < 4.78 is 26.7. The van der Waals surface area contributed by atoms with E-state index < -0.39 is 51.2 Å². The van der Waals surface area contributed by atoms with Crippen LogP contribution in [-0.4, -0.2) is 69.3 Å². The minimum absolute atomic E-state index is 0.0310. The van der Waals surface area contributed by atoms with E-state index in [0.717, 1.165) is 10.9 Å². The molecule has 0 aliphatic carbocycles. The van der Waals surface area contributed by atoms with Crippen LogP contribution in [0.2, 0.25) is 0 Å². The van der Waals surface area contributed by atoms with Crippen LogP contribution in [0.4, 0.5) is 5.95 Å². The third-order valence-electron chi connectivity index (χ3n) is 3.67. The summed E-state index contributed by atoms with van der Waals surface area (Å²) in [5, 5.41) is 20.3. The minimum atomic E-state index is -4.97. The zero-order valence-corrected chi connectivity index (χ0v) is 16.2. The van der Waals surface area contributed by atoms with Crippen LogP contribution in [0.1, 0.15) is 6.23 Å². The first-order valence-corrected chi connectivity index (χ1v) is 11.5. The Morgan fingerprint density at radius 2 is 2.04 bits per heavy atom. The lowest BCUT2D eigenvalue weighted by atomic mass is 10.1. The van der Waals surface area contributed by atoms with Crippen LogP contribution in [0.25, 0.3) is 11.2 Å². The summed E-state index contributed by atoms with van der Waals surface area (Å²) >= 11 is 4.07. The number of nitrogen functional groups attached to an aromatic ring is 1. The molecule has 15 nitrogen and oxygen atoms in total. The number of hydrogen-bond donors (Lipinski definition) is 7. The Morgan fingerprint density at radius 3 is 2.68 bits per heavy atom. The standard InChI is InChI=1S/C10H15N5O10P2S/c11-10-13-7-4(8(18)14-10)12-2-15(7)9-6(17)5(16)3(24-9)1-23-26(19,20)25-27(21,22)28/h2-3,5-6,9,16-17H,1H2,(H,19,20)(H2,21,22,28)(H3,11,13,14,18)/t3-,5-,6+,9-/m1/s1. The van der Waals surface area contributed by atoms with E-state index >= 15 is 0 Å². The molecule has 156 valence electrons. The molecule has 18 heteroatoms. The molecular formula is C10H15N5O10P2S. The molecule has 3 rings (SSSR count). The molecule has 0 bridgehead atoms. The Bertz CT molecular complexity index is 1040. The monoisotopic (exact) mass is 459 g/mol. The van der Waals surface area contributed by atoms with Gasteiger partial charge in [0.25, 0.3) is 5.56 Å². The van der Waals surface area contributed by atoms with Crippen molar-refractivity contribution in [2.45, 2.75) is 24.5 Å². The number of hydrogen-bond acceptors (Lipinski definition) is 11. The number of aromatic nitrogens is 4. The highest BCUT2D eigenvalue weighted by Gasteiger charge is 2.45. The summed E-state index contributed by atoms with van der Waals surface area (Å²) in [6.45, 7) is -5.26. The molecule has 2 aromatic rings. The minimum Gasteiger partial charge on any atom is -0.387 e. The van der Waals surface area contributed by atoms with Crippen LogP contribution in [-0.2, 0) is 29.9 Å². The Kier molecular flexibility index (Phi) is 5.75. The van der Waals surface area contributed by atoms with Crippen molar-refractivity contribution in [2.24, 2.45) is 0 Å². The van der Waals surface area contributed by atoms with Crippen LogP contribution >= 0.6 is 14.5 Å². The molecule has 1 aliphatic heterocycles. The van der Waals surface area contributed by atoms with Crippen molar-refractivity contribution >= 4 is 43.5 Å². The molecule has 0 spiro atoms. The van der Waals surface area contributed by atoms with Crippen molar-refractivity contribution in [3.63, 3.8) is 0 Å². The van der Waals surface area contributed by atoms with Crippen LogP contribution in [0.3, 0.4) is 0 Å². The molecule has 0 radical (unpaired) electrons. The number of fused-ring (bicyclic) bond motifs is 1. The number of H-pyrrole nitrogens is 1. The van der Waals surface area contributed by atoms with Gasteiger partial charge in [0.2, 0.25) is 5.95 Å². The maximum Gasteiger partial charge on any atom is 0.479 e. The fraction of sp³-hybridized carbons (Fsp3) is 0.500. The molecule has 1 fully saturated rings. The van der Waals surface area contributed by atoms with Crippen molar-refractivity contribution in [2.75, 3.05) is 12.3 Å². The second-order valence-corrected chi connectivity index (χ2v) is 9.91. The third kappa shape index (κ3) is 4.48. The van der Waals surface area contributed by atoms with Gasteiger partial charge >= 0.3 is 14.5 Å². The van der Waals surface area contributed by atoms with Gasteiger partial charge in [0.15, 0.2) is 17.4 Å². The Morgan fingerprint density at radius 1 is 1.36 bits per heavy atom. The molecule has 5 atom stereocenters. The molecule has 3 heterocycles. The summed E-state index contributed by atoms with van der Waals surface area (Å²) in [5.41, 5.74) is 4.73. The number of aliphatic hydroxyl groups excluding tert-OH is 2. The van der Waals surface area contributed by atoms with E-state index in [-0.39, 0.29) is 17.1 Å². The number of aromatic amines is 1. The van der Waals surface area contributed by atoms with E-state index in [9.17, 15) is 24.5 Å². The number of anilines is 1. The first kappa shape index (κ1) is 21.4. The number of nitrogens with zero attached hydrogens (tertiary/aromatic N) is 3. The van der Waals surface area contributed by atoms with Gasteiger partial charge in [-0.3, -0.25) is 18.9 Å². The van der Waals surface area contributed by atoms with Gasteiger partial charge in [-0.1, -0.05) is 0 Å². The topological polar surface area (TPSA) is 235 Å². The van der Waals surface area contributed by atoms with Gasteiger partial charge in [-0.05, 0) is 11.8 Å². The fourth-order valence-corrected chi connectivity index (χ4v) is 4.91.